The second-order valence-electron chi connectivity index (χ2n) is 4.58. The van der Waals surface area contributed by atoms with Crippen molar-refractivity contribution in [2.45, 2.75) is 0 Å². The van der Waals surface area contributed by atoms with Gasteiger partial charge in [0, 0.05) is 11.0 Å². The van der Waals surface area contributed by atoms with E-state index < -0.39 is 11.9 Å². The molecule has 1 aromatic carbocycles. The third-order valence-corrected chi connectivity index (χ3v) is 3.67. The number of nitrogens with one attached hydrogen (secondary N) is 1. The fourth-order valence-electron chi connectivity index (χ4n) is 2.09. The molecule has 1 aliphatic heterocycles. The first-order chi connectivity index (χ1) is 10.5. The number of carbonyl (C=O) groups is 2. The molecule has 0 aliphatic carbocycles. The van der Waals surface area contributed by atoms with E-state index in [2.05, 4.69) is 26.0 Å². The normalized spacial score (nSPS) is 14.5. The molecule has 0 unspecified atom stereocenters. The number of hydrogen-bond donors (Lipinski definition) is 3. The van der Waals surface area contributed by atoms with Gasteiger partial charge in [-0.2, -0.15) is 0 Å². The van der Waals surface area contributed by atoms with Crippen LogP contribution in [0.2, 0.25) is 0 Å². The number of aliphatic hydroxyl groups excluding tert-OH is 1. The van der Waals surface area contributed by atoms with Crippen LogP contribution in [0.3, 0.4) is 0 Å². The van der Waals surface area contributed by atoms with Gasteiger partial charge in [-0.3, -0.25) is 4.79 Å². The number of phenols is 1. The number of amides is 1. The summed E-state index contributed by atoms with van der Waals surface area (Å²) in [4.78, 5) is 25.5. The van der Waals surface area contributed by atoms with Crippen LogP contribution in [-0.2, 0) is 14.3 Å². The molecule has 118 valence electrons. The molecule has 0 bridgehead atoms. The third kappa shape index (κ3) is 3.23. The number of β-amino-alcohol motifs (C(OH)–C–C–N with tert-alkyl or cyclic N) is 1. The lowest BCUT2D eigenvalue weighted by atomic mass is 10.2. The first-order valence-electron chi connectivity index (χ1n) is 6.45. The third-order valence-electron chi connectivity index (χ3n) is 3.17. The second-order valence-corrected chi connectivity index (χ2v) is 5.50. The van der Waals surface area contributed by atoms with Gasteiger partial charge in [-0.05, 0) is 18.2 Å². The van der Waals surface area contributed by atoms with Crippen LogP contribution in [0.4, 0.5) is 5.69 Å². The molecular formula is C14H15BrN2O5. The molecule has 0 radical (unpaired) electrons. The number of benzene rings is 1. The summed E-state index contributed by atoms with van der Waals surface area (Å²) in [5.74, 6) is -1.13. The van der Waals surface area contributed by atoms with E-state index in [0.717, 1.165) is 0 Å². The van der Waals surface area contributed by atoms with Crippen LogP contribution in [0.15, 0.2) is 33.9 Å². The minimum absolute atomic E-state index is 0.0358. The molecule has 1 heterocycles. The highest BCUT2D eigenvalue weighted by molar-refractivity contribution is 9.10. The summed E-state index contributed by atoms with van der Waals surface area (Å²) in [6.07, 6.45) is 0. The van der Waals surface area contributed by atoms with Crippen LogP contribution in [0.5, 0.6) is 5.75 Å². The maximum atomic E-state index is 12.3. The molecule has 0 aromatic heterocycles. The molecule has 0 spiro atoms. The molecule has 0 fully saturated rings. The number of halogens is 1. The van der Waals surface area contributed by atoms with Crippen molar-refractivity contribution >= 4 is 33.5 Å². The highest BCUT2D eigenvalue weighted by Crippen LogP contribution is 2.30. The lowest BCUT2D eigenvalue weighted by Gasteiger charge is -2.15. The summed E-state index contributed by atoms with van der Waals surface area (Å²) < 4.78 is 5.38. The molecule has 0 saturated heterocycles. The average Bonchev–Trinajstić information content (AvgIpc) is 2.80. The van der Waals surface area contributed by atoms with Gasteiger partial charge < -0.3 is 25.2 Å². The molecule has 1 amide bonds. The summed E-state index contributed by atoms with van der Waals surface area (Å²) in [5.41, 5.74) is 0.471. The summed E-state index contributed by atoms with van der Waals surface area (Å²) in [5, 5.41) is 21.6. The van der Waals surface area contributed by atoms with Crippen molar-refractivity contribution in [3.8, 4) is 5.75 Å². The van der Waals surface area contributed by atoms with E-state index in [9.17, 15) is 14.7 Å². The van der Waals surface area contributed by atoms with Gasteiger partial charge in [-0.1, -0.05) is 15.9 Å². The summed E-state index contributed by atoms with van der Waals surface area (Å²) in [6.45, 7) is -0.0618. The Balaban J connectivity index is 2.36. The molecule has 1 aliphatic rings. The van der Waals surface area contributed by atoms with E-state index in [1.165, 1.54) is 18.1 Å². The van der Waals surface area contributed by atoms with Gasteiger partial charge in [0.2, 0.25) is 0 Å². The van der Waals surface area contributed by atoms with Crippen LogP contribution < -0.4 is 5.32 Å². The lowest BCUT2D eigenvalue weighted by Crippen LogP contribution is -2.31. The lowest BCUT2D eigenvalue weighted by molar-refractivity contribution is -0.136. The molecule has 22 heavy (non-hydrogen) atoms. The zero-order valence-electron chi connectivity index (χ0n) is 11.8. The monoisotopic (exact) mass is 370 g/mol. The minimum atomic E-state index is -0.634. The highest BCUT2D eigenvalue weighted by atomic mass is 79.9. The van der Waals surface area contributed by atoms with E-state index in [1.807, 2.05) is 0 Å². The maximum absolute atomic E-state index is 12.3. The summed E-state index contributed by atoms with van der Waals surface area (Å²) in [6, 6.07) is 4.68. The van der Waals surface area contributed by atoms with Crippen molar-refractivity contribution in [2.24, 2.45) is 0 Å². The fraction of sp³-hybridized carbons (Fsp3) is 0.286. The van der Waals surface area contributed by atoms with Crippen LogP contribution in [-0.4, -0.2) is 53.8 Å². The van der Waals surface area contributed by atoms with E-state index in [0.29, 0.717) is 4.47 Å². The molecule has 8 heteroatoms. The number of rotatable bonds is 5. The van der Waals surface area contributed by atoms with Crippen molar-refractivity contribution in [1.29, 1.82) is 0 Å². The SMILES string of the molecule is COC(=O)C1=C(Nc2cc(Br)ccc2O)C(=O)N(CCO)C1. The Morgan fingerprint density at radius 2 is 2.23 bits per heavy atom. The number of esters is 1. The predicted molar refractivity (Wildman–Crippen MR) is 82.1 cm³/mol. The second kappa shape index (κ2) is 6.80. The molecule has 1 aromatic rings. The van der Waals surface area contributed by atoms with Gasteiger partial charge in [-0.25, -0.2) is 4.79 Å². The topological polar surface area (TPSA) is 99.1 Å². The van der Waals surface area contributed by atoms with Crippen molar-refractivity contribution < 1.29 is 24.5 Å². The van der Waals surface area contributed by atoms with E-state index in [-0.39, 0.29) is 42.4 Å². The fourth-order valence-corrected chi connectivity index (χ4v) is 2.45. The largest absolute Gasteiger partial charge is 0.506 e. The molecule has 0 atom stereocenters. The van der Waals surface area contributed by atoms with Gasteiger partial charge in [0.05, 0.1) is 31.5 Å². The Labute approximate surface area is 135 Å². The molecule has 0 saturated carbocycles. The first-order valence-corrected chi connectivity index (χ1v) is 7.24. The predicted octanol–water partition coefficient (Wildman–Crippen LogP) is 0.828. The van der Waals surface area contributed by atoms with Crippen molar-refractivity contribution in [1.82, 2.24) is 4.90 Å². The number of anilines is 1. The van der Waals surface area contributed by atoms with Crippen molar-refractivity contribution in [3.63, 3.8) is 0 Å². The number of phenolic OH excluding ortho intramolecular Hbond substituents is 1. The van der Waals surface area contributed by atoms with Gasteiger partial charge in [0.15, 0.2) is 0 Å². The molecule has 3 N–H and O–H groups in total. The Morgan fingerprint density at radius 1 is 1.50 bits per heavy atom. The number of methoxy groups -OCH3 is 1. The van der Waals surface area contributed by atoms with E-state index >= 15 is 0 Å². The Kier molecular flexibility index (Phi) is 5.04. The van der Waals surface area contributed by atoms with Crippen molar-refractivity contribution in [3.05, 3.63) is 33.9 Å². The zero-order valence-corrected chi connectivity index (χ0v) is 13.4. The number of aromatic hydroxyl groups is 1. The number of ether oxygens (including phenoxy) is 1. The quantitative estimate of drug-likeness (QED) is 0.524. The van der Waals surface area contributed by atoms with Crippen LogP contribution >= 0.6 is 15.9 Å². The smallest absolute Gasteiger partial charge is 0.337 e. The zero-order chi connectivity index (χ0) is 16.3. The van der Waals surface area contributed by atoms with Gasteiger partial charge in [0.25, 0.3) is 5.91 Å². The maximum Gasteiger partial charge on any atom is 0.337 e. The van der Waals surface area contributed by atoms with Gasteiger partial charge >= 0.3 is 5.97 Å². The Morgan fingerprint density at radius 3 is 2.86 bits per heavy atom. The molecule has 2 rings (SSSR count). The van der Waals surface area contributed by atoms with Gasteiger partial charge in [-0.15, -0.1) is 0 Å². The number of aliphatic hydroxyl groups is 1. The molecular weight excluding hydrogens is 356 g/mol. The number of hydrogen-bond acceptors (Lipinski definition) is 6. The van der Waals surface area contributed by atoms with Crippen molar-refractivity contribution in [2.75, 3.05) is 32.1 Å². The van der Waals surface area contributed by atoms with Crippen LogP contribution in [0.1, 0.15) is 0 Å². The highest BCUT2D eigenvalue weighted by Gasteiger charge is 2.34. The van der Waals surface area contributed by atoms with Crippen LogP contribution in [0.25, 0.3) is 0 Å². The standard InChI is InChI=1S/C14H15BrN2O5/c1-22-14(21)9-7-17(4-5-18)13(20)12(9)16-10-6-8(15)2-3-11(10)19/h2-3,6,16,18-19H,4-5,7H2,1H3. The first kappa shape index (κ1) is 16.3. The van der Waals surface area contributed by atoms with E-state index in [1.54, 1.807) is 12.1 Å². The molecule has 7 nitrogen and oxygen atoms in total. The summed E-state index contributed by atoms with van der Waals surface area (Å²) in [7, 11) is 1.22. The summed E-state index contributed by atoms with van der Waals surface area (Å²) >= 11 is 3.27. The van der Waals surface area contributed by atoms with Crippen LogP contribution in [0, 0.1) is 0 Å². The minimum Gasteiger partial charge on any atom is -0.506 e. The Hall–Kier alpha value is -2.06. The number of carbonyl (C=O) groups excluding carboxylic acids is 2. The number of nitrogens with zero attached hydrogens (tertiary/aromatic N) is 1. The average molecular weight is 371 g/mol. The van der Waals surface area contributed by atoms with E-state index in [4.69, 9.17) is 5.11 Å². The Bertz CT molecular complexity index is 644. The van der Waals surface area contributed by atoms with Gasteiger partial charge in [0.1, 0.15) is 11.4 Å².